The van der Waals surface area contributed by atoms with Gasteiger partial charge in [-0.1, -0.05) is 0 Å². The third kappa shape index (κ3) is 4.14. The zero-order valence-corrected chi connectivity index (χ0v) is 11.8. The molecule has 2 rings (SSSR count). The lowest BCUT2D eigenvalue weighted by atomic mass is 10.0. The molecule has 1 saturated heterocycles. The van der Waals surface area contributed by atoms with Crippen LogP contribution < -0.4 is 10.1 Å². The zero-order valence-electron chi connectivity index (χ0n) is 11.8. The topological polar surface area (TPSA) is 56.3 Å². The average molecular weight is 265 g/mol. The molecule has 1 aromatic heterocycles. The highest BCUT2D eigenvalue weighted by molar-refractivity contribution is 5.16. The Kier molecular flexibility index (Phi) is 5.54. The molecule has 0 spiro atoms. The molecule has 0 saturated carbocycles. The fourth-order valence-corrected chi connectivity index (χ4v) is 2.52. The van der Waals surface area contributed by atoms with Crippen LogP contribution in [0.1, 0.15) is 43.8 Å². The van der Waals surface area contributed by atoms with Gasteiger partial charge in [-0.15, -0.1) is 0 Å². The summed E-state index contributed by atoms with van der Waals surface area (Å²) < 4.78 is 10.8. The SMILES string of the molecule is CNC(CCCC1CCCO1)c1cc(OC)ncn1. The maximum absolute atomic E-state index is 5.64. The Bertz CT molecular complexity index is 381. The van der Waals surface area contributed by atoms with Crippen molar-refractivity contribution in [2.24, 2.45) is 0 Å². The van der Waals surface area contributed by atoms with Crippen molar-refractivity contribution in [1.29, 1.82) is 0 Å². The first-order chi connectivity index (χ1) is 9.33. The van der Waals surface area contributed by atoms with E-state index in [9.17, 15) is 0 Å². The number of rotatable bonds is 7. The molecule has 106 valence electrons. The van der Waals surface area contributed by atoms with Gasteiger partial charge in [-0.2, -0.15) is 0 Å². The van der Waals surface area contributed by atoms with Crippen LogP contribution in [-0.4, -0.2) is 36.8 Å². The van der Waals surface area contributed by atoms with Crippen LogP contribution in [0.25, 0.3) is 0 Å². The van der Waals surface area contributed by atoms with Crippen molar-refractivity contribution in [3.8, 4) is 5.88 Å². The molecular formula is C14H23N3O2. The number of nitrogens with zero attached hydrogens (tertiary/aromatic N) is 2. The lowest BCUT2D eigenvalue weighted by Gasteiger charge is -2.17. The predicted molar refractivity (Wildman–Crippen MR) is 73.2 cm³/mol. The molecule has 1 N–H and O–H groups in total. The second-order valence-electron chi connectivity index (χ2n) is 4.89. The summed E-state index contributed by atoms with van der Waals surface area (Å²) in [6, 6.07) is 2.14. The van der Waals surface area contributed by atoms with Crippen molar-refractivity contribution >= 4 is 0 Å². The fourth-order valence-electron chi connectivity index (χ4n) is 2.52. The largest absolute Gasteiger partial charge is 0.481 e. The molecule has 5 heteroatoms. The van der Waals surface area contributed by atoms with Crippen LogP contribution in [0, 0.1) is 0 Å². The smallest absolute Gasteiger partial charge is 0.216 e. The van der Waals surface area contributed by atoms with Gasteiger partial charge in [0.1, 0.15) is 6.33 Å². The lowest BCUT2D eigenvalue weighted by Crippen LogP contribution is -2.18. The molecule has 1 fully saturated rings. The summed E-state index contributed by atoms with van der Waals surface area (Å²) in [7, 11) is 3.59. The highest BCUT2D eigenvalue weighted by Gasteiger charge is 2.17. The maximum Gasteiger partial charge on any atom is 0.216 e. The summed E-state index contributed by atoms with van der Waals surface area (Å²) in [6.45, 7) is 0.934. The van der Waals surface area contributed by atoms with E-state index in [1.54, 1.807) is 13.4 Å². The number of nitrogens with one attached hydrogen (secondary N) is 1. The van der Waals surface area contributed by atoms with Gasteiger partial charge in [0.05, 0.1) is 18.9 Å². The van der Waals surface area contributed by atoms with E-state index in [0.29, 0.717) is 12.0 Å². The summed E-state index contributed by atoms with van der Waals surface area (Å²) in [5.41, 5.74) is 0.988. The molecule has 0 aliphatic carbocycles. The van der Waals surface area contributed by atoms with Crippen molar-refractivity contribution in [3.63, 3.8) is 0 Å². The van der Waals surface area contributed by atoms with E-state index in [-0.39, 0.29) is 6.04 Å². The first-order valence-corrected chi connectivity index (χ1v) is 6.98. The number of aromatic nitrogens is 2. The van der Waals surface area contributed by atoms with Crippen LogP contribution in [0.5, 0.6) is 5.88 Å². The molecule has 0 radical (unpaired) electrons. The molecule has 2 unspecified atom stereocenters. The second kappa shape index (κ2) is 7.40. The summed E-state index contributed by atoms with van der Waals surface area (Å²) in [6.07, 6.45) is 7.78. The predicted octanol–water partition coefficient (Wildman–Crippen LogP) is 2.09. The molecule has 1 aliphatic heterocycles. The van der Waals surface area contributed by atoms with E-state index < -0.39 is 0 Å². The van der Waals surface area contributed by atoms with Crippen molar-refractivity contribution in [3.05, 3.63) is 18.1 Å². The van der Waals surface area contributed by atoms with Crippen molar-refractivity contribution in [2.75, 3.05) is 20.8 Å². The van der Waals surface area contributed by atoms with E-state index in [4.69, 9.17) is 9.47 Å². The van der Waals surface area contributed by atoms with Crippen LogP contribution >= 0.6 is 0 Å². The van der Waals surface area contributed by atoms with Gasteiger partial charge in [0.15, 0.2) is 0 Å². The van der Waals surface area contributed by atoms with Gasteiger partial charge in [0, 0.05) is 18.7 Å². The molecule has 19 heavy (non-hydrogen) atoms. The standard InChI is InChI=1S/C14H23N3O2/c1-15-12(7-3-5-11-6-4-8-19-11)13-9-14(18-2)17-10-16-13/h9-12,15H,3-8H2,1-2H3. The van der Waals surface area contributed by atoms with Crippen LogP contribution in [0.4, 0.5) is 0 Å². The Labute approximate surface area is 114 Å². The third-order valence-electron chi connectivity index (χ3n) is 3.62. The molecule has 0 bridgehead atoms. The van der Waals surface area contributed by atoms with Gasteiger partial charge in [0.2, 0.25) is 5.88 Å². The molecular weight excluding hydrogens is 242 g/mol. The summed E-state index contributed by atoms with van der Waals surface area (Å²) in [4.78, 5) is 8.36. The summed E-state index contributed by atoms with van der Waals surface area (Å²) in [5.74, 6) is 0.615. The normalized spacial score (nSPS) is 20.4. The molecule has 1 aliphatic rings. The Hall–Kier alpha value is -1.20. The molecule has 0 amide bonds. The van der Waals surface area contributed by atoms with Gasteiger partial charge in [-0.05, 0) is 39.2 Å². The van der Waals surface area contributed by atoms with Gasteiger partial charge in [0.25, 0.3) is 0 Å². The molecule has 0 aromatic carbocycles. The lowest BCUT2D eigenvalue weighted by molar-refractivity contribution is 0.101. The van der Waals surface area contributed by atoms with Crippen LogP contribution in [0.15, 0.2) is 12.4 Å². The van der Waals surface area contributed by atoms with Crippen LogP contribution in [-0.2, 0) is 4.74 Å². The molecule has 2 atom stereocenters. The molecule has 2 heterocycles. The number of ether oxygens (including phenoxy) is 2. The van der Waals surface area contributed by atoms with E-state index in [2.05, 4.69) is 15.3 Å². The van der Waals surface area contributed by atoms with E-state index in [1.165, 1.54) is 12.8 Å². The van der Waals surface area contributed by atoms with Crippen molar-refractivity contribution < 1.29 is 9.47 Å². The van der Waals surface area contributed by atoms with E-state index in [1.807, 2.05) is 13.1 Å². The van der Waals surface area contributed by atoms with E-state index in [0.717, 1.165) is 31.6 Å². The van der Waals surface area contributed by atoms with E-state index >= 15 is 0 Å². The molecule has 5 nitrogen and oxygen atoms in total. The van der Waals surface area contributed by atoms with Crippen molar-refractivity contribution in [2.45, 2.75) is 44.2 Å². The van der Waals surface area contributed by atoms with Crippen LogP contribution in [0.3, 0.4) is 0 Å². The molecule has 1 aromatic rings. The van der Waals surface area contributed by atoms with Crippen molar-refractivity contribution in [1.82, 2.24) is 15.3 Å². The third-order valence-corrected chi connectivity index (χ3v) is 3.62. The summed E-state index contributed by atoms with van der Waals surface area (Å²) in [5, 5.41) is 3.31. The Morgan fingerprint density at radius 1 is 1.53 bits per heavy atom. The first kappa shape index (κ1) is 14.2. The fraction of sp³-hybridized carbons (Fsp3) is 0.714. The number of methoxy groups -OCH3 is 1. The summed E-state index contributed by atoms with van der Waals surface area (Å²) >= 11 is 0. The Morgan fingerprint density at radius 3 is 3.11 bits per heavy atom. The quantitative estimate of drug-likeness (QED) is 0.818. The number of hydrogen-bond donors (Lipinski definition) is 1. The van der Waals surface area contributed by atoms with Gasteiger partial charge < -0.3 is 14.8 Å². The van der Waals surface area contributed by atoms with Gasteiger partial charge in [-0.25, -0.2) is 9.97 Å². The van der Waals surface area contributed by atoms with Gasteiger partial charge in [-0.3, -0.25) is 0 Å². The van der Waals surface area contributed by atoms with Crippen LogP contribution in [0.2, 0.25) is 0 Å². The zero-order chi connectivity index (χ0) is 13.5. The first-order valence-electron chi connectivity index (χ1n) is 6.98. The highest BCUT2D eigenvalue weighted by Crippen LogP contribution is 2.23. The average Bonchev–Trinajstić information content (AvgIpc) is 2.97. The van der Waals surface area contributed by atoms with Gasteiger partial charge >= 0.3 is 0 Å². The second-order valence-corrected chi connectivity index (χ2v) is 4.89. The minimum absolute atomic E-state index is 0.248. The minimum Gasteiger partial charge on any atom is -0.481 e. The minimum atomic E-state index is 0.248. The highest BCUT2D eigenvalue weighted by atomic mass is 16.5. The monoisotopic (exact) mass is 265 g/mol. The number of hydrogen-bond acceptors (Lipinski definition) is 5. The maximum atomic E-state index is 5.64. The Morgan fingerprint density at radius 2 is 2.42 bits per heavy atom. The Balaban J connectivity index is 1.84.